The molecule has 1 atom stereocenters. The van der Waals surface area contributed by atoms with Crippen LogP contribution in [0.2, 0.25) is 0 Å². The van der Waals surface area contributed by atoms with Crippen LogP contribution in [0, 0.1) is 17.8 Å². The lowest BCUT2D eigenvalue weighted by atomic mass is 10.0. The summed E-state index contributed by atoms with van der Waals surface area (Å²) < 4.78 is 16.8. The van der Waals surface area contributed by atoms with Crippen LogP contribution in [0.5, 0.6) is 0 Å². The number of esters is 3. The van der Waals surface area contributed by atoms with Gasteiger partial charge in [0.15, 0.2) is 6.10 Å². The van der Waals surface area contributed by atoms with Gasteiger partial charge in [0.25, 0.3) is 0 Å². The topological polar surface area (TPSA) is 78.9 Å². The van der Waals surface area contributed by atoms with E-state index in [0.717, 1.165) is 75.5 Å². The number of ether oxygens (including phenoxy) is 3. The molecule has 0 radical (unpaired) electrons. The Morgan fingerprint density at radius 3 is 0.717 bits per heavy atom. The average molecular weight is 849 g/mol. The van der Waals surface area contributed by atoms with Crippen molar-refractivity contribution in [2.45, 2.75) is 298 Å². The lowest BCUT2D eigenvalue weighted by Gasteiger charge is -2.18. The predicted molar refractivity (Wildman–Crippen MR) is 256 cm³/mol. The van der Waals surface area contributed by atoms with Crippen LogP contribution in [-0.4, -0.2) is 37.2 Å². The second-order valence-electron chi connectivity index (χ2n) is 19.9. The fourth-order valence-electron chi connectivity index (χ4n) is 8.12. The van der Waals surface area contributed by atoms with E-state index in [1.807, 2.05) is 0 Å². The molecule has 0 aromatic rings. The second kappa shape index (κ2) is 45.4. The number of hydrogen-bond acceptors (Lipinski definition) is 6. The van der Waals surface area contributed by atoms with Gasteiger partial charge in [0.05, 0.1) is 0 Å². The zero-order chi connectivity index (χ0) is 44.2. The Kier molecular flexibility index (Phi) is 44.2. The first-order valence-corrected chi connectivity index (χ1v) is 26.6. The summed E-state index contributed by atoms with van der Waals surface area (Å²) in [6.07, 6.45) is 45.2. The van der Waals surface area contributed by atoms with Crippen LogP contribution in [0.1, 0.15) is 292 Å². The molecule has 60 heavy (non-hydrogen) atoms. The molecule has 356 valence electrons. The summed E-state index contributed by atoms with van der Waals surface area (Å²) in [7, 11) is 0. The van der Waals surface area contributed by atoms with Crippen molar-refractivity contribution in [3.63, 3.8) is 0 Å². The van der Waals surface area contributed by atoms with Crippen molar-refractivity contribution in [1.82, 2.24) is 0 Å². The molecule has 0 amide bonds. The Morgan fingerprint density at radius 2 is 0.483 bits per heavy atom. The minimum atomic E-state index is -0.763. The maximum absolute atomic E-state index is 12.8. The molecule has 0 bridgehead atoms. The van der Waals surface area contributed by atoms with Crippen LogP contribution in [0.3, 0.4) is 0 Å². The third kappa shape index (κ3) is 47.5. The largest absolute Gasteiger partial charge is 0.462 e. The minimum absolute atomic E-state index is 0.0645. The summed E-state index contributed by atoms with van der Waals surface area (Å²) in [4.78, 5) is 38.0. The monoisotopic (exact) mass is 849 g/mol. The van der Waals surface area contributed by atoms with E-state index < -0.39 is 6.10 Å². The van der Waals surface area contributed by atoms with Crippen LogP contribution in [0.25, 0.3) is 0 Å². The minimum Gasteiger partial charge on any atom is -0.462 e. The number of carbonyl (C=O) groups is 3. The van der Waals surface area contributed by atoms with Crippen molar-refractivity contribution in [3.8, 4) is 0 Å². The molecule has 0 aliphatic carbocycles. The van der Waals surface area contributed by atoms with Gasteiger partial charge in [-0.25, -0.2) is 0 Å². The summed E-state index contributed by atoms with van der Waals surface area (Å²) in [5, 5.41) is 0. The van der Waals surface area contributed by atoms with Crippen molar-refractivity contribution >= 4 is 17.9 Å². The van der Waals surface area contributed by atoms with E-state index in [0.29, 0.717) is 19.3 Å². The Morgan fingerprint density at radius 1 is 0.283 bits per heavy atom. The molecule has 0 N–H and O–H groups in total. The highest BCUT2D eigenvalue weighted by Crippen LogP contribution is 2.18. The van der Waals surface area contributed by atoms with Gasteiger partial charge in [0, 0.05) is 19.3 Å². The standard InChI is InChI=1S/C54H104O6/c1-48(2)40-34-28-22-16-10-8-7-9-11-19-25-31-37-43-52(55)58-46-51(60-54(57)45-39-33-27-21-15-13-18-24-30-36-42-50(5)6)47-59-53(56)44-38-32-26-20-14-12-17-23-29-35-41-49(3)4/h48-51H,7-47H2,1-6H3/t51-/m0/s1. The van der Waals surface area contributed by atoms with Gasteiger partial charge in [0.2, 0.25) is 0 Å². The van der Waals surface area contributed by atoms with E-state index in [-0.39, 0.29) is 31.1 Å². The molecule has 0 aromatic carbocycles. The van der Waals surface area contributed by atoms with E-state index in [9.17, 15) is 14.4 Å². The van der Waals surface area contributed by atoms with Crippen molar-refractivity contribution in [2.24, 2.45) is 17.8 Å². The molecule has 0 aliphatic rings. The summed E-state index contributed by atoms with van der Waals surface area (Å²) in [5.74, 6) is 1.62. The van der Waals surface area contributed by atoms with Gasteiger partial charge in [-0.1, -0.05) is 253 Å². The molecule has 0 saturated heterocycles. The summed E-state index contributed by atoms with van der Waals surface area (Å²) >= 11 is 0. The van der Waals surface area contributed by atoms with E-state index >= 15 is 0 Å². The average Bonchev–Trinajstić information content (AvgIpc) is 3.20. The maximum Gasteiger partial charge on any atom is 0.306 e. The summed E-state index contributed by atoms with van der Waals surface area (Å²) in [6.45, 7) is 13.7. The summed E-state index contributed by atoms with van der Waals surface area (Å²) in [6, 6.07) is 0. The Labute approximate surface area is 374 Å². The van der Waals surface area contributed by atoms with E-state index in [4.69, 9.17) is 14.2 Å². The fourth-order valence-corrected chi connectivity index (χ4v) is 8.12. The maximum atomic E-state index is 12.8. The number of hydrogen-bond donors (Lipinski definition) is 0. The van der Waals surface area contributed by atoms with Gasteiger partial charge in [0.1, 0.15) is 13.2 Å². The highest BCUT2D eigenvalue weighted by molar-refractivity contribution is 5.71. The lowest BCUT2D eigenvalue weighted by molar-refractivity contribution is -0.167. The molecule has 0 unspecified atom stereocenters. The van der Waals surface area contributed by atoms with E-state index in [1.54, 1.807) is 0 Å². The Hall–Kier alpha value is -1.59. The molecule has 0 spiro atoms. The lowest BCUT2D eigenvalue weighted by Crippen LogP contribution is -2.30. The zero-order valence-corrected chi connectivity index (χ0v) is 41.3. The van der Waals surface area contributed by atoms with Crippen LogP contribution >= 0.6 is 0 Å². The van der Waals surface area contributed by atoms with Crippen molar-refractivity contribution in [1.29, 1.82) is 0 Å². The molecule has 0 heterocycles. The van der Waals surface area contributed by atoms with Crippen LogP contribution in [0.4, 0.5) is 0 Å². The van der Waals surface area contributed by atoms with Crippen molar-refractivity contribution < 1.29 is 28.6 Å². The predicted octanol–water partition coefficient (Wildman–Crippen LogP) is 17.2. The smallest absolute Gasteiger partial charge is 0.306 e. The SMILES string of the molecule is CC(C)CCCCCCCCCCCCCCCC(=O)OC[C@@H](COC(=O)CCCCCCCCCCCCC(C)C)OC(=O)CCCCCCCCCCCCC(C)C. The fraction of sp³-hybridized carbons (Fsp3) is 0.944. The first-order valence-electron chi connectivity index (χ1n) is 26.6. The van der Waals surface area contributed by atoms with Crippen molar-refractivity contribution in [2.75, 3.05) is 13.2 Å². The van der Waals surface area contributed by atoms with Crippen molar-refractivity contribution in [3.05, 3.63) is 0 Å². The number of carbonyl (C=O) groups excluding carboxylic acids is 3. The molecule has 0 rings (SSSR count). The van der Waals surface area contributed by atoms with Gasteiger partial charge in [-0.05, 0) is 37.0 Å². The normalized spacial score (nSPS) is 12.2. The number of unbranched alkanes of at least 4 members (excludes halogenated alkanes) is 30. The van der Waals surface area contributed by atoms with Gasteiger partial charge in [-0.2, -0.15) is 0 Å². The van der Waals surface area contributed by atoms with Crippen LogP contribution in [0.15, 0.2) is 0 Å². The molecule has 0 aliphatic heterocycles. The molecule has 6 nitrogen and oxygen atoms in total. The first-order chi connectivity index (χ1) is 29.1. The van der Waals surface area contributed by atoms with Gasteiger partial charge < -0.3 is 14.2 Å². The number of rotatable bonds is 47. The highest BCUT2D eigenvalue weighted by atomic mass is 16.6. The highest BCUT2D eigenvalue weighted by Gasteiger charge is 2.19. The molecule has 0 saturated carbocycles. The van der Waals surface area contributed by atoms with Gasteiger partial charge in [-0.15, -0.1) is 0 Å². The van der Waals surface area contributed by atoms with Crippen LogP contribution in [-0.2, 0) is 28.6 Å². The third-order valence-electron chi connectivity index (χ3n) is 12.1. The summed E-state index contributed by atoms with van der Waals surface area (Å²) in [5.41, 5.74) is 0. The third-order valence-corrected chi connectivity index (χ3v) is 12.1. The second-order valence-corrected chi connectivity index (χ2v) is 19.9. The van der Waals surface area contributed by atoms with Gasteiger partial charge >= 0.3 is 17.9 Å². The molecular weight excluding hydrogens is 745 g/mol. The molecule has 0 fully saturated rings. The van der Waals surface area contributed by atoms with Gasteiger partial charge in [-0.3, -0.25) is 14.4 Å². The molecule has 0 aromatic heterocycles. The molecular formula is C54H104O6. The Balaban J connectivity index is 4.31. The quantitative estimate of drug-likeness (QED) is 0.0345. The van der Waals surface area contributed by atoms with E-state index in [2.05, 4.69) is 41.5 Å². The zero-order valence-electron chi connectivity index (χ0n) is 41.3. The van der Waals surface area contributed by atoms with Crippen LogP contribution < -0.4 is 0 Å². The van der Waals surface area contributed by atoms with E-state index in [1.165, 1.54) is 173 Å². The Bertz CT molecular complexity index is 929. The first kappa shape index (κ1) is 58.4. The molecule has 6 heteroatoms.